The molecule has 0 amide bonds. The number of nitrogens with zero attached hydrogens (tertiary/aromatic N) is 4. The minimum Gasteiger partial charge on any atom is -0.507 e. The molecule has 0 saturated carbocycles. The van der Waals surface area contributed by atoms with E-state index in [0.29, 0.717) is 35.8 Å². The number of halogens is 2. The topological polar surface area (TPSA) is 90.1 Å². The number of likely N-dealkylation sites (tertiary alicyclic amines) is 2. The first kappa shape index (κ1) is 34.4. The molecule has 2 heterocycles. The van der Waals surface area contributed by atoms with E-state index in [-0.39, 0.29) is 39.9 Å². The van der Waals surface area contributed by atoms with Gasteiger partial charge in [-0.05, 0) is 76.1 Å². The normalized spacial score (nSPS) is 16.2. The zero-order valence-electron chi connectivity index (χ0n) is 25.2. The van der Waals surface area contributed by atoms with Crippen LogP contribution in [-0.4, -0.2) is 84.9 Å². The summed E-state index contributed by atoms with van der Waals surface area (Å²) in [5.41, 5.74) is 0.861. The van der Waals surface area contributed by atoms with Crippen molar-refractivity contribution in [2.24, 2.45) is 9.98 Å². The Labute approximate surface area is 273 Å². The summed E-state index contributed by atoms with van der Waals surface area (Å²) in [5, 5.41) is 21.0. The molecule has 245 valence electrons. The number of aromatic hydroxyl groups is 2. The van der Waals surface area contributed by atoms with Crippen molar-refractivity contribution in [2.75, 3.05) is 52.5 Å². The zero-order valence-corrected chi connectivity index (χ0v) is 26.2. The molecule has 2 N–H and O–H groups in total. The fraction of sp³-hybridized carbons (Fsp3) is 0.412. The van der Waals surface area contributed by atoms with Crippen LogP contribution in [0.2, 0.25) is 0 Å². The molecule has 0 unspecified atom stereocenters. The van der Waals surface area contributed by atoms with E-state index in [1.807, 2.05) is 0 Å². The van der Waals surface area contributed by atoms with Gasteiger partial charge in [0.2, 0.25) is 0 Å². The maximum absolute atomic E-state index is 14.1. The van der Waals surface area contributed by atoms with Crippen LogP contribution in [0.15, 0.2) is 58.5 Å². The van der Waals surface area contributed by atoms with Crippen molar-refractivity contribution in [3.8, 4) is 23.0 Å². The van der Waals surface area contributed by atoms with E-state index in [9.17, 15) is 19.0 Å². The van der Waals surface area contributed by atoms with E-state index in [0.717, 1.165) is 51.4 Å². The number of ether oxygens (including phenoxy) is 2. The molecular weight excluding hydrogens is 630 g/mol. The summed E-state index contributed by atoms with van der Waals surface area (Å²) in [6.45, 7) is 7.04. The van der Waals surface area contributed by atoms with E-state index in [2.05, 4.69) is 19.8 Å². The Bertz CT molecular complexity index is 1350. The van der Waals surface area contributed by atoms with E-state index < -0.39 is 11.6 Å². The second-order valence-electron chi connectivity index (χ2n) is 11.2. The number of phenols is 2. The van der Waals surface area contributed by atoms with Gasteiger partial charge in [-0.2, -0.15) is 0 Å². The second kappa shape index (κ2) is 17.3. The quantitative estimate of drug-likeness (QED) is 0.167. The average Bonchev–Trinajstić information content (AvgIpc) is 3.03. The molecule has 0 atom stereocenters. The van der Waals surface area contributed by atoms with Crippen molar-refractivity contribution in [1.82, 2.24) is 9.80 Å². The van der Waals surface area contributed by atoms with Crippen LogP contribution in [0.1, 0.15) is 49.7 Å². The Morgan fingerprint density at radius 1 is 0.622 bits per heavy atom. The molecule has 2 saturated heterocycles. The van der Waals surface area contributed by atoms with Crippen LogP contribution in [-0.2, 0) is 17.1 Å². The van der Waals surface area contributed by atoms with Gasteiger partial charge in [-0.1, -0.05) is 12.8 Å². The predicted octanol–water partition coefficient (Wildman–Crippen LogP) is 6.60. The summed E-state index contributed by atoms with van der Waals surface area (Å²) in [7, 11) is 0. The van der Waals surface area contributed by atoms with Crippen molar-refractivity contribution in [1.29, 1.82) is 0 Å². The molecule has 45 heavy (non-hydrogen) atoms. The molecule has 11 heteroatoms. The van der Waals surface area contributed by atoms with Crippen molar-refractivity contribution in [3.63, 3.8) is 0 Å². The van der Waals surface area contributed by atoms with Crippen LogP contribution in [0, 0.1) is 11.6 Å². The number of rotatable bonds is 12. The molecule has 0 bridgehead atoms. The van der Waals surface area contributed by atoms with Gasteiger partial charge in [-0.3, -0.25) is 19.8 Å². The first-order valence-corrected chi connectivity index (χ1v) is 15.4. The third kappa shape index (κ3) is 10.3. The molecule has 0 aromatic heterocycles. The van der Waals surface area contributed by atoms with Crippen LogP contribution in [0.4, 0.5) is 20.2 Å². The molecule has 2 aliphatic heterocycles. The average molecular weight is 670 g/mol. The van der Waals surface area contributed by atoms with Crippen LogP contribution < -0.4 is 9.47 Å². The zero-order chi connectivity index (χ0) is 30.7. The fourth-order valence-electron chi connectivity index (χ4n) is 5.41. The molecule has 3 aromatic carbocycles. The summed E-state index contributed by atoms with van der Waals surface area (Å²) in [6.07, 6.45) is 10.1. The number of aliphatic imine (C=N–C) groups is 2. The smallest absolute Gasteiger partial charge is 0.161 e. The van der Waals surface area contributed by atoms with Gasteiger partial charge in [0.1, 0.15) is 36.2 Å². The summed E-state index contributed by atoms with van der Waals surface area (Å²) in [5.74, 6) is -1.20. The SMILES string of the molecule is Oc1cc(OCCN2CCCCC2)ccc1C=Nc1cc(F)c(F)cc1N=Cc1ccc(OCCN2CCCCC2)cc1O.[Cu]. The van der Waals surface area contributed by atoms with Crippen LogP contribution >= 0.6 is 0 Å². The van der Waals surface area contributed by atoms with Gasteiger partial charge < -0.3 is 19.7 Å². The van der Waals surface area contributed by atoms with Crippen LogP contribution in [0.3, 0.4) is 0 Å². The Morgan fingerprint density at radius 3 is 1.40 bits per heavy atom. The number of piperidine rings is 2. The fourth-order valence-corrected chi connectivity index (χ4v) is 5.41. The molecule has 2 aliphatic rings. The number of phenolic OH excluding ortho intramolecular Hbond substituents is 2. The predicted molar refractivity (Wildman–Crippen MR) is 169 cm³/mol. The Balaban J connectivity index is 0.00000461. The van der Waals surface area contributed by atoms with Crippen molar-refractivity contribution >= 4 is 23.8 Å². The Kier molecular flexibility index (Phi) is 13.2. The van der Waals surface area contributed by atoms with E-state index in [4.69, 9.17) is 9.47 Å². The summed E-state index contributed by atoms with van der Waals surface area (Å²) >= 11 is 0. The van der Waals surface area contributed by atoms with E-state index in [1.54, 1.807) is 24.3 Å². The van der Waals surface area contributed by atoms with E-state index in [1.165, 1.54) is 63.1 Å². The largest absolute Gasteiger partial charge is 0.507 e. The van der Waals surface area contributed by atoms with Gasteiger partial charge in [0.15, 0.2) is 11.6 Å². The van der Waals surface area contributed by atoms with Gasteiger partial charge in [0.05, 0.1) is 11.4 Å². The van der Waals surface area contributed by atoms with Crippen molar-refractivity contribution < 1.29 is 45.5 Å². The number of hydrogen-bond acceptors (Lipinski definition) is 8. The number of benzene rings is 3. The molecule has 8 nitrogen and oxygen atoms in total. The van der Waals surface area contributed by atoms with Gasteiger partial charge in [0, 0.05) is 78.0 Å². The third-order valence-electron chi connectivity index (χ3n) is 7.96. The first-order chi connectivity index (χ1) is 21.4. The van der Waals surface area contributed by atoms with Crippen molar-refractivity contribution in [3.05, 3.63) is 71.3 Å². The molecule has 5 rings (SSSR count). The molecule has 0 aliphatic carbocycles. The monoisotopic (exact) mass is 669 g/mol. The van der Waals surface area contributed by atoms with Crippen LogP contribution in [0.25, 0.3) is 0 Å². The summed E-state index contributed by atoms with van der Waals surface area (Å²) in [4.78, 5) is 13.3. The van der Waals surface area contributed by atoms with Gasteiger partial charge in [-0.25, -0.2) is 8.78 Å². The summed E-state index contributed by atoms with van der Waals surface area (Å²) < 4.78 is 39.9. The molecule has 1 radical (unpaired) electrons. The summed E-state index contributed by atoms with van der Waals surface area (Å²) in [6, 6.07) is 11.6. The molecule has 3 aromatic rings. The van der Waals surface area contributed by atoms with Gasteiger partial charge in [-0.15, -0.1) is 0 Å². The maximum Gasteiger partial charge on any atom is 0.161 e. The molecular formula is C34H40CuF2N4O4. The standard InChI is InChI=1S/C34H40F2N4O4.Cu/c35-29-21-31(37-23-25-7-9-27(19-33(25)41)43-17-15-39-11-3-1-4-12-39)32(22-30(29)36)38-24-26-8-10-28(20-34(26)42)44-18-16-40-13-5-2-6-14-40;/h7-10,19-24,41-42H,1-6,11-18H2;. The minimum atomic E-state index is -1.08. The third-order valence-corrected chi connectivity index (χ3v) is 7.96. The van der Waals surface area contributed by atoms with Crippen molar-refractivity contribution in [2.45, 2.75) is 38.5 Å². The molecule has 2 fully saturated rings. The first-order valence-electron chi connectivity index (χ1n) is 15.4. The Morgan fingerprint density at radius 2 is 1.02 bits per heavy atom. The maximum atomic E-state index is 14.1. The minimum absolute atomic E-state index is 0. The second-order valence-corrected chi connectivity index (χ2v) is 11.2. The van der Waals surface area contributed by atoms with E-state index >= 15 is 0 Å². The molecule has 0 spiro atoms. The van der Waals surface area contributed by atoms with Gasteiger partial charge >= 0.3 is 0 Å². The number of hydrogen-bond donors (Lipinski definition) is 2. The van der Waals surface area contributed by atoms with Crippen LogP contribution in [0.5, 0.6) is 23.0 Å². The van der Waals surface area contributed by atoms with Gasteiger partial charge in [0.25, 0.3) is 0 Å². The Hall–Kier alpha value is -3.50.